The molecule has 0 fully saturated rings. The van der Waals surface area contributed by atoms with E-state index in [1.807, 2.05) is 49.4 Å². The molecule has 0 bridgehead atoms. The van der Waals surface area contributed by atoms with Crippen molar-refractivity contribution in [3.05, 3.63) is 101 Å². The van der Waals surface area contributed by atoms with Crippen molar-refractivity contribution >= 4 is 16.8 Å². The van der Waals surface area contributed by atoms with Crippen LogP contribution in [-0.2, 0) is 5.41 Å². The Morgan fingerprint density at radius 2 is 1.62 bits per heavy atom. The molecule has 0 aliphatic carbocycles. The zero-order chi connectivity index (χ0) is 22.9. The van der Waals surface area contributed by atoms with Gasteiger partial charge in [-0.3, -0.25) is 4.79 Å². The highest BCUT2D eigenvalue weighted by molar-refractivity contribution is 6.07. The Hall–Kier alpha value is -3.46. The Bertz CT molecular complexity index is 1270. The summed E-state index contributed by atoms with van der Waals surface area (Å²) in [5.74, 6) is -0.0927. The van der Waals surface area contributed by atoms with Gasteiger partial charge in [-0.05, 0) is 48.6 Å². The maximum Gasteiger partial charge on any atom is 0.252 e. The average molecular weight is 423 g/mol. The highest BCUT2D eigenvalue weighted by Gasteiger charge is 2.18. The molecule has 0 radical (unpaired) electrons. The summed E-state index contributed by atoms with van der Waals surface area (Å²) in [6.45, 7) is 10.7. The average Bonchev–Trinajstić information content (AvgIpc) is 2.77. The minimum atomic E-state index is -0.106. The van der Waals surface area contributed by atoms with Crippen LogP contribution in [0.5, 0.6) is 0 Å². The number of benzene rings is 3. The number of hydrogen-bond acceptors (Lipinski definition) is 2. The van der Waals surface area contributed by atoms with Crippen LogP contribution in [0.15, 0.2) is 78.9 Å². The maximum atomic E-state index is 13.4. The number of fused-ring (bicyclic) bond motifs is 1. The molecule has 0 aliphatic rings. The van der Waals surface area contributed by atoms with Crippen LogP contribution in [0.1, 0.15) is 60.8 Å². The Balaban J connectivity index is 1.67. The van der Waals surface area contributed by atoms with Crippen molar-refractivity contribution in [1.82, 2.24) is 10.3 Å². The van der Waals surface area contributed by atoms with E-state index in [1.165, 1.54) is 5.56 Å². The summed E-state index contributed by atoms with van der Waals surface area (Å²) < 4.78 is 0. The van der Waals surface area contributed by atoms with Crippen LogP contribution >= 0.6 is 0 Å². The van der Waals surface area contributed by atoms with Gasteiger partial charge < -0.3 is 5.32 Å². The Kier molecular flexibility index (Phi) is 5.84. The third-order valence-electron chi connectivity index (χ3n) is 5.90. The number of para-hydroxylation sites is 1. The predicted octanol–water partition coefficient (Wildman–Crippen LogP) is 7.00. The van der Waals surface area contributed by atoms with Gasteiger partial charge in [-0.2, -0.15) is 0 Å². The number of carbonyl (C=O) groups excluding carboxylic acids is 1. The third kappa shape index (κ3) is 4.57. The Labute approximate surface area is 190 Å². The molecule has 1 heterocycles. The molecule has 1 aromatic heterocycles. The van der Waals surface area contributed by atoms with E-state index in [1.54, 1.807) is 0 Å². The first kappa shape index (κ1) is 21.8. The zero-order valence-electron chi connectivity index (χ0n) is 19.4. The number of amides is 1. The van der Waals surface area contributed by atoms with Gasteiger partial charge in [0.1, 0.15) is 0 Å². The van der Waals surface area contributed by atoms with Gasteiger partial charge in [0.05, 0.1) is 22.8 Å². The summed E-state index contributed by atoms with van der Waals surface area (Å²) in [6.07, 6.45) is 0. The van der Waals surface area contributed by atoms with E-state index in [2.05, 4.69) is 69.4 Å². The highest BCUT2D eigenvalue weighted by atomic mass is 16.1. The lowest BCUT2D eigenvalue weighted by Crippen LogP contribution is -2.27. The van der Waals surface area contributed by atoms with Crippen molar-refractivity contribution in [2.45, 2.75) is 46.1 Å². The molecule has 1 N–H and O–H groups in total. The molecule has 162 valence electrons. The molecule has 0 saturated carbocycles. The van der Waals surface area contributed by atoms with Crippen LogP contribution < -0.4 is 5.32 Å². The van der Waals surface area contributed by atoms with E-state index in [4.69, 9.17) is 4.98 Å². The van der Waals surface area contributed by atoms with Crippen LogP contribution in [0, 0.1) is 6.92 Å². The summed E-state index contributed by atoms with van der Waals surface area (Å²) in [5.41, 5.74) is 6.91. The quantitative estimate of drug-likeness (QED) is 0.385. The van der Waals surface area contributed by atoms with Crippen molar-refractivity contribution in [3.8, 4) is 11.3 Å². The summed E-state index contributed by atoms with van der Waals surface area (Å²) in [7, 11) is 0. The molecule has 0 saturated heterocycles. The number of nitrogens with one attached hydrogen (secondary N) is 1. The maximum absolute atomic E-state index is 13.4. The number of carbonyl (C=O) groups is 1. The van der Waals surface area contributed by atoms with E-state index in [0.29, 0.717) is 5.56 Å². The SMILES string of the molecule is Cc1cccc(-c2cc(C(=O)NC(C)c3ccc(C(C)(C)C)cc3)c3ccccc3n2)c1. The van der Waals surface area contributed by atoms with Crippen molar-refractivity contribution in [1.29, 1.82) is 0 Å². The normalized spacial score (nSPS) is 12.5. The topological polar surface area (TPSA) is 42.0 Å². The fourth-order valence-corrected chi connectivity index (χ4v) is 3.95. The van der Waals surface area contributed by atoms with Crippen molar-refractivity contribution in [2.75, 3.05) is 0 Å². The molecule has 3 heteroatoms. The highest BCUT2D eigenvalue weighted by Crippen LogP contribution is 2.27. The van der Waals surface area contributed by atoms with Crippen LogP contribution in [0.25, 0.3) is 22.2 Å². The largest absolute Gasteiger partial charge is 0.345 e. The van der Waals surface area contributed by atoms with Crippen LogP contribution in [0.3, 0.4) is 0 Å². The van der Waals surface area contributed by atoms with Crippen molar-refractivity contribution in [3.63, 3.8) is 0 Å². The van der Waals surface area contributed by atoms with Gasteiger partial charge in [0.2, 0.25) is 0 Å². The lowest BCUT2D eigenvalue weighted by Gasteiger charge is -2.21. The number of rotatable bonds is 4. The summed E-state index contributed by atoms with van der Waals surface area (Å²) in [5, 5.41) is 4.04. The first-order valence-corrected chi connectivity index (χ1v) is 11.1. The molecular formula is C29H30N2O. The summed E-state index contributed by atoms with van der Waals surface area (Å²) in [4.78, 5) is 18.2. The number of aryl methyl sites for hydroxylation is 1. The summed E-state index contributed by atoms with van der Waals surface area (Å²) >= 11 is 0. The Morgan fingerprint density at radius 3 is 2.31 bits per heavy atom. The molecule has 0 spiro atoms. The minimum absolute atomic E-state index is 0.0927. The van der Waals surface area contributed by atoms with Crippen LogP contribution in [0.4, 0.5) is 0 Å². The zero-order valence-corrected chi connectivity index (χ0v) is 19.4. The number of hydrogen-bond donors (Lipinski definition) is 1. The van der Waals surface area contributed by atoms with E-state index in [0.717, 1.165) is 33.3 Å². The van der Waals surface area contributed by atoms with E-state index < -0.39 is 0 Å². The molecule has 1 atom stereocenters. The van der Waals surface area contributed by atoms with E-state index in [9.17, 15) is 4.79 Å². The van der Waals surface area contributed by atoms with Gasteiger partial charge in [0.25, 0.3) is 5.91 Å². The molecule has 4 aromatic rings. The second-order valence-corrected chi connectivity index (χ2v) is 9.51. The van der Waals surface area contributed by atoms with E-state index >= 15 is 0 Å². The predicted molar refractivity (Wildman–Crippen MR) is 133 cm³/mol. The molecule has 3 aromatic carbocycles. The second kappa shape index (κ2) is 8.58. The van der Waals surface area contributed by atoms with Gasteiger partial charge in [-0.15, -0.1) is 0 Å². The van der Waals surface area contributed by atoms with Gasteiger partial charge in [0, 0.05) is 10.9 Å². The second-order valence-electron chi connectivity index (χ2n) is 9.51. The Morgan fingerprint density at radius 1 is 0.906 bits per heavy atom. The number of aromatic nitrogens is 1. The molecule has 32 heavy (non-hydrogen) atoms. The van der Waals surface area contributed by atoms with Gasteiger partial charge in [-0.25, -0.2) is 4.98 Å². The first-order valence-electron chi connectivity index (χ1n) is 11.1. The fraction of sp³-hybridized carbons (Fsp3) is 0.241. The third-order valence-corrected chi connectivity index (χ3v) is 5.90. The lowest BCUT2D eigenvalue weighted by atomic mass is 9.86. The van der Waals surface area contributed by atoms with Crippen LogP contribution in [-0.4, -0.2) is 10.9 Å². The molecular weight excluding hydrogens is 392 g/mol. The minimum Gasteiger partial charge on any atom is -0.345 e. The molecule has 1 unspecified atom stereocenters. The lowest BCUT2D eigenvalue weighted by molar-refractivity contribution is 0.0941. The van der Waals surface area contributed by atoms with Gasteiger partial charge >= 0.3 is 0 Å². The molecule has 1 amide bonds. The van der Waals surface area contributed by atoms with E-state index in [-0.39, 0.29) is 17.4 Å². The van der Waals surface area contributed by atoms with Crippen molar-refractivity contribution < 1.29 is 4.79 Å². The van der Waals surface area contributed by atoms with Crippen LogP contribution in [0.2, 0.25) is 0 Å². The number of nitrogens with zero attached hydrogens (tertiary/aromatic N) is 1. The molecule has 3 nitrogen and oxygen atoms in total. The van der Waals surface area contributed by atoms with Gasteiger partial charge in [0.15, 0.2) is 0 Å². The van der Waals surface area contributed by atoms with Gasteiger partial charge in [-0.1, -0.05) is 87.0 Å². The molecule has 0 aliphatic heterocycles. The number of pyridine rings is 1. The standard InChI is InChI=1S/C29H30N2O/c1-19-9-8-10-22(17-19)27-18-25(24-11-6-7-12-26(24)31-27)28(32)30-20(2)21-13-15-23(16-14-21)29(3,4)5/h6-18,20H,1-5H3,(H,30,32). The summed E-state index contributed by atoms with van der Waals surface area (Å²) in [6, 6.07) is 26.3. The monoisotopic (exact) mass is 422 g/mol. The first-order chi connectivity index (χ1) is 15.2. The van der Waals surface area contributed by atoms with Crippen molar-refractivity contribution in [2.24, 2.45) is 0 Å². The smallest absolute Gasteiger partial charge is 0.252 e. The molecule has 4 rings (SSSR count). The fourth-order valence-electron chi connectivity index (χ4n) is 3.95.